The molecule has 6 aromatic carbocycles. The Morgan fingerprint density at radius 3 is 1.46 bits per heavy atom. The van der Waals surface area contributed by atoms with Crippen LogP contribution in [0, 0.1) is 0 Å². The van der Waals surface area contributed by atoms with Crippen LogP contribution in [0.5, 0.6) is 0 Å². The van der Waals surface area contributed by atoms with E-state index >= 15 is 0 Å². The van der Waals surface area contributed by atoms with Crippen LogP contribution in [-0.4, -0.2) is 95.5 Å². The van der Waals surface area contributed by atoms with Crippen molar-refractivity contribution in [3.8, 4) is 17.1 Å². The zero-order chi connectivity index (χ0) is 71.3. The highest BCUT2D eigenvalue weighted by atomic mass is 35.5. The number of nitrogens with one attached hydrogen (secondary N) is 2. The average Bonchev–Trinajstić information content (AvgIpc) is 1.66. The molecular formula is C77H63Cl3N16O7. The van der Waals surface area contributed by atoms with Gasteiger partial charge in [-0.05, 0) is 136 Å². The molecule has 3 fully saturated rings. The summed E-state index contributed by atoms with van der Waals surface area (Å²) in [6.45, 7) is 2.29. The van der Waals surface area contributed by atoms with Gasteiger partial charge in [-0.25, -0.2) is 39.9 Å². The number of halogens is 3. The molecule has 0 bridgehead atoms. The minimum absolute atomic E-state index is 0.0892. The van der Waals surface area contributed by atoms with Gasteiger partial charge < -0.3 is 25.8 Å². The van der Waals surface area contributed by atoms with Crippen molar-refractivity contribution in [3.05, 3.63) is 309 Å². The molecule has 6 aromatic heterocycles. The SMILES string of the molecule is N/C=C\C(=O)c1cncnc1N1CCC[C@H]1c1nc2cccc(Cl)c2c(=O)n1-c1ccccc1.O=C1C=CCc2nc[nH]c(=O)c21.O=C1C=CCc2ncnc(N3CCC[C@H]3c3nc4cccc(Cl)c4c(=O)n3-c3ccccc3)c21.O=c1c2c(Cl)cccc2nc([C@@H]2CCCN2)n1-c1ccccc1. The molecule has 514 valence electrons. The monoisotopic (exact) mass is 1430 g/mol. The Balaban J connectivity index is 0.000000122. The molecule has 26 heteroatoms. The van der Waals surface area contributed by atoms with Crippen LogP contribution >= 0.6 is 34.8 Å². The van der Waals surface area contributed by atoms with Crippen LogP contribution in [0.1, 0.15) is 117 Å². The lowest BCUT2D eigenvalue weighted by molar-refractivity contribution is 0.103. The van der Waals surface area contributed by atoms with Gasteiger partial charge >= 0.3 is 0 Å². The molecule has 9 heterocycles. The molecule has 0 radical (unpaired) electrons. The Morgan fingerprint density at radius 1 is 0.505 bits per heavy atom. The molecule has 4 N–H and O–H groups in total. The van der Waals surface area contributed by atoms with Gasteiger partial charge in [0.25, 0.3) is 22.2 Å². The first kappa shape index (κ1) is 68.4. The number of benzene rings is 6. The smallest absolute Gasteiger partial charge is 0.267 e. The lowest BCUT2D eigenvalue weighted by Gasteiger charge is -2.29. The first-order valence-electron chi connectivity index (χ1n) is 33.4. The maximum atomic E-state index is 13.8. The predicted molar refractivity (Wildman–Crippen MR) is 397 cm³/mol. The number of para-hydroxylation sites is 3. The predicted octanol–water partition coefficient (Wildman–Crippen LogP) is 11.8. The van der Waals surface area contributed by atoms with Crippen LogP contribution in [0.3, 0.4) is 0 Å². The second-order valence-corrected chi connectivity index (χ2v) is 25.8. The standard InChI is InChI=1S/C26H20ClN5O2.C25H21ClN6O2.C18H16ClN3O.C8H6N2O2/c27-17-9-4-11-19-22(17)26(34)32(16-7-2-1-3-8-16)24(30-19)20-12-6-14-31(20)25-23-18(28-15-29-25)10-5-13-21(23)33;26-18-8-4-9-19-22(18)25(34)32(16-6-2-1-3-7-16)24(30-19)20-10-5-13-31(20)23-17(14-28-15-29-23)21(33)11-12-27;19-13-8-4-9-14-16(13)18(23)22(12-6-2-1-3-7-12)17(21-14)15-10-5-11-20-15;11-6-3-1-2-5-7(6)8(12)10-4-9-5/h1-5,7-9,11,13,15,20H,6,10,12,14H2;1-4,6-9,11-12,14-15,20H,5,10,13,27H2;1-4,6-9,15,20H,5,10-11H2;1,3-4H,2H2,(H,9,10,12)/b;12-11-;;/t2*20-;15-;/m000./s1. The van der Waals surface area contributed by atoms with Crippen LogP contribution in [0.15, 0.2) is 227 Å². The Kier molecular flexibility index (Phi) is 20.1. The van der Waals surface area contributed by atoms with Crippen molar-refractivity contribution in [1.29, 1.82) is 0 Å². The van der Waals surface area contributed by atoms with E-state index in [-0.39, 0.29) is 63.3 Å². The second kappa shape index (κ2) is 30.2. The van der Waals surface area contributed by atoms with E-state index in [1.807, 2.05) is 120 Å². The van der Waals surface area contributed by atoms with Crippen molar-refractivity contribution in [1.82, 2.24) is 63.9 Å². The number of carbonyl (C=O) groups excluding carboxylic acids is 3. The van der Waals surface area contributed by atoms with Crippen molar-refractivity contribution >= 4 is 96.5 Å². The van der Waals surface area contributed by atoms with Gasteiger partial charge in [-0.3, -0.25) is 47.3 Å². The van der Waals surface area contributed by atoms with Crippen LogP contribution in [0.2, 0.25) is 15.1 Å². The minimum atomic E-state index is -0.352. The molecule has 0 amide bonds. The molecule has 0 saturated carbocycles. The molecule has 3 aliphatic heterocycles. The quantitative estimate of drug-likeness (QED) is 0.0846. The Morgan fingerprint density at radius 2 is 0.971 bits per heavy atom. The fraction of sp³-hybridized carbons (Fsp3) is 0.182. The van der Waals surface area contributed by atoms with Gasteiger partial charge in [-0.15, -0.1) is 0 Å². The van der Waals surface area contributed by atoms with Crippen molar-refractivity contribution < 1.29 is 14.4 Å². The van der Waals surface area contributed by atoms with Crippen molar-refractivity contribution in [2.45, 2.75) is 69.5 Å². The fourth-order valence-electron chi connectivity index (χ4n) is 13.8. The summed E-state index contributed by atoms with van der Waals surface area (Å²) < 4.78 is 4.95. The lowest BCUT2D eigenvalue weighted by Crippen LogP contribution is -2.33. The minimum Gasteiger partial charge on any atom is -0.404 e. The highest BCUT2D eigenvalue weighted by Gasteiger charge is 2.37. The molecular weight excluding hydrogens is 1370 g/mol. The molecule has 3 atom stereocenters. The van der Waals surface area contributed by atoms with Gasteiger partial charge in [0.1, 0.15) is 47.3 Å². The van der Waals surface area contributed by atoms with E-state index in [1.165, 1.54) is 43.5 Å². The van der Waals surface area contributed by atoms with Gasteiger partial charge in [-0.2, -0.15) is 0 Å². The van der Waals surface area contributed by atoms with Crippen molar-refractivity contribution in [2.24, 2.45) is 5.73 Å². The largest absolute Gasteiger partial charge is 0.404 e. The molecule has 23 nitrogen and oxygen atoms in total. The highest BCUT2D eigenvalue weighted by molar-refractivity contribution is 6.36. The van der Waals surface area contributed by atoms with Gasteiger partial charge in [0.05, 0.1) is 112 Å². The maximum Gasteiger partial charge on any atom is 0.267 e. The number of ketones is 3. The molecule has 0 unspecified atom stereocenters. The average molecular weight is 1430 g/mol. The summed E-state index contributed by atoms with van der Waals surface area (Å²) in [5.74, 6) is 2.37. The number of rotatable bonds is 10. The number of aromatic nitrogens is 12. The highest BCUT2D eigenvalue weighted by Crippen LogP contribution is 2.40. The molecule has 3 saturated heterocycles. The van der Waals surface area contributed by atoms with E-state index in [0.29, 0.717) is 125 Å². The Labute approximate surface area is 602 Å². The van der Waals surface area contributed by atoms with Gasteiger partial charge in [0.15, 0.2) is 17.3 Å². The molecule has 5 aliphatic rings. The van der Waals surface area contributed by atoms with E-state index in [2.05, 4.69) is 40.1 Å². The van der Waals surface area contributed by atoms with Gasteiger partial charge in [0.2, 0.25) is 0 Å². The van der Waals surface area contributed by atoms with E-state index in [0.717, 1.165) is 62.3 Å². The van der Waals surface area contributed by atoms with Crippen LogP contribution in [0.25, 0.3) is 49.8 Å². The van der Waals surface area contributed by atoms with E-state index in [9.17, 15) is 33.6 Å². The topological polar surface area (TPSA) is 298 Å². The maximum absolute atomic E-state index is 13.8. The fourth-order valence-corrected chi connectivity index (χ4v) is 14.5. The lowest BCUT2D eigenvalue weighted by atomic mass is 10.0. The Bertz CT molecular complexity index is 5650. The van der Waals surface area contributed by atoms with E-state index < -0.39 is 0 Å². The molecule has 103 heavy (non-hydrogen) atoms. The third-order valence-corrected chi connectivity index (χ3v) is 19.3. The molecule has 0 spiro atoms. The van der Waals surface area contributed by atoms with E-state index in [1.54, 1.807) is 62.3 Å². The summed E-state index contributed by atoms with van der Waals surface area (Å²) >= 11 is 19.1. The van der Waals surface area contributed by atoms with E-state index in [4.69, 9.17) is 55.5 Å². The third kappa shape index (κ3) is 13.6. The third-order valence-electron chi connectivity index (χ3n) is 18.4. The summed E-state index contributed by atoms with van der Waals surface area (Å²) in [6.07, 6.45) is 21.1. The summed E-state index contributed by atoms with van der Waals surface area (Å²) in [4.78, 5) is 131. The first-order chi connectivity index (χ1) is 50.3. The number of fused-ring (bicyclic) bond motifs is 5. The summed E-state index contributed by atoms with van der Waals surface area (Å²) in [5, 5.41) is 5.83. The number of anilines is 2. The van der Waals surface area contributed by atoms with Crippen LogP contribution in [-0.2, 0) is 12.8 Å². The summed E-state index contributed by atoms with van der Waals surface area (Å²) in [5.41, 5.74) is 10.8. The number of carbonyl (C=O) groups is 3. The number of nitrogens with zero attached hydrogens (tertiary/aromatic N) is 13. The summed E-state index contributed by atoms with van der Waals surface area (Å²) in [6, 6.07) is 43.9. The first-order valence-corrected chi connectivity index (χ1v) is 34.5. The zero-order valence-corrected chi connectivity index (χ0v) is 57.3. The summed E-state index contributed by atoms with van der Waals surface area (Å²) in [7, 11) is 0. The number of hydrogen-bond acceptors (Lipinski definition) is 19. The van der Waals surface area contributed by atoms with Crippen LogP contribution in [0.4, 0.5) is 11.6 Å². The van der Waals surface area contributed by atoms with Gasteiger partial charge in [0, 0.05) is 38.2 Å². The number of allylic oxidation sites excluding steroid dienone is 5. The number of aromatic amines is 1. The van der Waals surface area contributed by atoms with Crippen LogP contribution < -0.4 is 43.1 Å². The Hall–Kier alpha value is -11.8. The zero-order valence-electron chi connectivity index (χ0n) is 55.0. The number of hydrogen-bond donors (Lipinski definition) is 3. The molecule has 17 rings (SSSR count). The number of nitrogens with two attached hydrogens (primary N) is 1. The van der Waals surface area contributed by atoms with Crippen molar-refractivity contribution in [3.63, 3.8) is 0 Å². The molecule has 12 aromatic rings. The second-order valence-electron chi connectivity index (χ2n) is 24.6. The number of H-pyrrole nitrogens is 1. The normalized spacial score (nSPS) is 16.6. The van der Waals surface area contributed by atoms with Gasteiger partial charge in [-0.1, -0.05) is 120 Å². The molecule has 2 aliphatic carbocycles. The van der Waals surface area contributed by atoms with Crippen molar-refractivity contribution in [2.75, 3.05) is 29.4 Å².